The number of benzene rings is 2. The number of nitrogens with one attached hydrogen (secondary N) is 1. The first-order valence-electron chi connectivity index (χ1n) is 15.4. The third-order valence-electron chi connectivity index (χ3n) is 8.30. The van der Waals surface area contributed by atoms with Crippen molar-refractivity contribution >= 4 is 43.9 Å². The van der Waals surface area contributed by atoms with Crippen molar-refractivity contribution in [2.45, 2.75) is 77.3 Å². The van der Waals surface area contributed by atoms with Crippen LogP contribution in [0.4, 0.5) is 10.7 Å². The maximum absolute atomic E-state index is 13.9. The molecule has 3 heterocycles. The predicted molar refractivity (Wildman–Crippen MR) is 174 cm³/mol. The molecular formula is C33H42N4O4S2. The molecular weight excluding hydrogens is 581 g/mol. The highest BCUT2D eigenvalue weighted by molar-refractivity contribution is 7.92. The maximum atomic E-state index is 13.9. The molecule has 0 aliphatic carbocycles. The lowest BCUT2D eigenvalue weighted by molar-refractivity contribution is 0.0755. The van der Waals surface area contributed by atoms with Crippen LogP contribution in [-0.4, -0.2) is 62.3 Å². The number of carbonyl (C=O) groups excluding carboxylic acids is 2. The minimum absolute atomic E-state index is 0.0299. The van der Waals surface area contributed by atoms with Crippen LogP contribution in [0.2, 0.25) is 0 Å². The number of rotatable bonds is 10. The zero-order valence-electron chi connectivity index (χ0n) is 25.6. The largest absolute Gasteiger partial charge is 0.339 e. The molecule has 10 heteroatoms. The molecule has 43 heavy (non-hydrogen) atoms. The van der Waals surface area contributed by atoms with Gasteiger partial charge in [-0.25, -0.2) is 8.42 Å². The fourth-order valence-electron chi connectivity index (χ4n) is 6.02. The third-order valence-corrected chi connectivity index (χ3v) is 11.3. The Morgan fingerprint density at radius 3 is 2.35 bits per heavy atom. The number of hydrogen-bond donors (Lipinski definition) is 1. The minimum Gasteiger partial charge on any atom is -0.339 e. The van der Waals surface area contributed by atoms with Crippen LogP contribution in [0.3, 0.4) is 0 Å². The second-order valence-electron chi connectivity index (χ2n) is 11.6. The van der Waals surface area contributed by atoms with Crippen LogP contribution in [0.15, 0.2) is 53.4 Å². The molecule has 5 rings (SSSR count). The molecule has 0 atom stereocenters. The molecule has 8 nitrogen and oxygen atoms in total. The van der Waals surface area contributed by atoms with Crippen molar-refractivity contribution in [1.29, 1.82) is 0 Å². The highest BCUT2D eigenvalue weighted by atomic mass is 32.2. The molecule has 0 saturated carbocycles. The number of aryl methyl sites for hydroxylation is 1. The number of nitrogens with zero attached hydrogens (tertiary/aromatic N) is 3. The number of hydrogen-bond acceptors (Lipinski definition) is 6. The van der Waals surface area contributed by atoms with E-state index < -0.39 is 10.0 Å². The second-order valence-corrected chi connectivity index (χ2v) is 14.6. The summed E-state index contributed by atoms with van der Waals surface area (Å²) in [4.78, 5) is 33.0. The number of thiophene rings is 1. The van der Waals surface area contributed by atoms with Crippen molar-refractivity contribution in [3.8, 4) is 0 Å². The van der Waals surface area contributed by atoms with E-state index in [1.165, 1.54) is 27.8 Å². The number of amides is 2. The third kappa shape index (κ3) is 6.37. The SMILES string of the molecule is CCCN(CCC)C(=O)c1c(NC(=O)c2ccc(S(=O)(=O)N3CCCc4ccccc43)cc2)sc2c1CCN(C(C)C)C2. The lowest BCUT2D eigenvalue weighted by atomic mass is 10.0. The molecule has 0 bridgehead atoms. The van der Waals surface area contributed by atoms with Crippen molar-refractivity contribution in [1.82, 2.24) is 9.80 Å². The van der Waals surface area contributed by atoms with Crippen molar-refractivity contribution in [2.24, 2.45) is 0 Å². The molecule has 0 saturated heterocycles. The first kappa shape index (κ1) is 31.2. The Balaban J connectivity index is 1.41. The number of fused-ring (bicyclic) bond motifs is 2. The summed E-state index contributed by atoms with van der Waals surface area (Å²) in [6.07, 6.45) is 4.09. The molecule has 2 aliphatic rings. The van der Waals surface area contributed by atoms with Crippen molar-refractivity contribution < 1.29 is 18.0 Å². The zero-order valence-corrected chi connectivity index (χ0v) is 27.2. The summed E-state index contributed by atoms with van der Waals surface area (Å²) in [5, 5.41) is 3.61. The number of carbonyl (C=O) groups is 2. The quantitative estimate of drug-likeness (QED) is 0.292. The van der Waals surface area contributed by atoms with Crippen LogP contribution in [0, 0.1) is 0 Å². The van der Waals surface area contributed by atoms with E-state index >= 15 is 0 Å². The van der Waals surface area contributed by atoms with E-state index in [2.05, 4.69) is 37.9 Å². The van der Waals surface area contributed by atoms with E-state index in [1.807, 2.05) is 29.2 Å². The van der Waals surface area contributed by atoms with E-state index in [-0.39, 0.29) is 16.7 Å². The molecule has 0 radical (unpaired) electrons. The van der Waals surface area contributed by atoms with Gasteiger partial charge in [0.25, 0.3) is 21.8 Å². The molecule has 1 aromatic heterocycles. The molecule has 3 aromatic rings. The lowest BCUT2D eigenvalue weighted by Crippen LogP contribution is -2.37. The van der Waals surface area contributed by atoms with Gasteiger partial charge in [0.05, 0.1) is 16.1 Å². The molecule has 2 amide bonds. The van der Waals surface area contributed by atoms with Crippen LogP contribution in [0.5, 0.6) is 0 Å². The van der Waals surface area contributed by atoms with Gasteiger partial charge in [-0.15, -0.1) is 11.3 Å². The highest BCUT2D eigenvalue weighted by Gasteiger charge is 2.32. The Morgan fingerprint density at radius 2 is 1.67 bits per heavy atom. The Bertz CT molecular complexity index is 1570. The second kappa shape index (κ2) is 13.2. The van der Waals surface area contributed by atoms with Crippen molar-refractivity contribution in [3.63, 3.8) is 0 Å². The summed E-state index contributed by atoms with van der Waals surface area (Å²) >= 11 is 1.48. The molecule has 2 aliphatic heterocycles. The number of sulfonamides is 1. The first-order chi connectivity index (χ1) is 20.6. The molecule has 0 fully saturated rings. The van der Waals surface area contributed by atoms with Gasteiger partial charge < -0.3 is 10.2 Å². The maximum Gasteiger partial charge on any atom is 0.264 e. The van der Waals surface area contributed by atoms with Gasteiger partial charge in [0, 0.05) is 49.2 Å². The molecule has 230 valence electrons. The van der Waals surface area contributed by atoms with Gasteiger partial charge in [-0.2, -0.15) is 0 Å². The monoisotopic (exact) mass is 622 g/mol. The predicted octanol–water partition coefficient (Wildman–Crippen LogP) is 6.17. The summed E-state index contributed by atoms with van der Waals surface area (Å²) in [5.41, 5.74) is 3.73. The van der Waals surface area contributed by atoms with Crippen LogP contribution in [0.25, 0.3) is 0 Å². The van der Waals surface area contributed by atoms with Crippen LogP contribution in [-0.2, 0) is 29.4 Å². The van der Waals surface area contributed by atoms with Gasteiger partial charge in [0.15, 0.2) is 0 Å². The average molecular weight is 623 g/mol. The summed E-state index contributed by atoms with van der Waals surface area (Å²) in [7, 11) is -3.78. The van der Waals surface area contributed by atoms with Crippen LogP contribution >= 0.6 is 11.3 Å². The van der Waals surface area contributed by atoms with Crippen LogP contribution in [0.1, 0.15) is 83.7 Å². The fourth-order valence-corrected chi connectivity index (χ4v) is 8.82. The van der Waals surface area contributed by atoms with E-state index in [9.17, 15) is 18.0 Å². The Kier molecular flexibility index (Phi) is 9.58. The normalized spacial score (nSPS) is 15.2. The standard InChI is InChI=1S/C33H42N4O4S2/c1-5-18-35(19-6-2)33(39)30-27-17-21-36(23(3)4)22-29(27)42-32(30)34-31(38)25-13-15-26(16-14-25)43(40,41)37-20-9-11-24-10-7-8-12-28(24)37/h7-8,10,12-16,23H,5-6,9,11,17-22H2,1-4H3,(H,34,38). The topological polar surface area (TPSA) is 90.0 Å². The summed E-state index contributed by atoms with van der Waals surface area (Å²) in [6, 6.07) is 14.1. The smallest absolute Gasteiger partial charge is 0.264 e. The van der Waals surface area contributed by atoms with E-state index in [0.717, 1.165) is 61.2 Å². The van der Waals surface area contributed by atoms with Gasteiger partial charge in [-0.3, -0.25) is 18.8 Å². The van der Waals surface area contributed by atoms with Gasteiger partial charge in [-0.1, -0.05) is 32.0 Å². The lowest BCUT2D eigenvalue weighted by Gasteiger charge is -2.31. The Morgan fingerprint density at radius 1 is 0.977 bits per heavy atom. The summed E-state index contributed by atoms with van der Waals surface area (Å²) in [6.45, 7) is 11.8. The van der Waals surface area contributed by atoms with Crippen molar-refractivity contribution in [2.75, 3.05) is 35.8 Å². The van der Waals surface area contributed by atoms with Crippen LogP contribution < -0.4 is 9.62 Å². The van der Waals surface area contributed by atoms with Crippen molar-refractivity contribution in [3.05, 3.63) is 75.7 Å². The Labute approximate surface area is 259 Å². The number of para-hydroxylation sites is 1. The summed E-state index contributed by atoms with van der Waals surface area (Å²) in [5.74, 6) is -0.393. The van der Waals surface area contributed by atoms with E-state index in [4.69, 9.17) is 0 Å². The highest BCUT2D eigenvalue weighted by Crippen LogP contribution is 2.39. The minimum atomic E-state index is -3.78. The fraction of sp³-hybridized carbons (Fsp3) is 0.455. The Hall–Kier alpha value is -3.21. The van der Waals surface area contributed by atoms with Gasteiger partial charge in [0.1, 0.15) is 5.00 Å². The molecule has 1 N–H and O–H groups in total. The van der Waals surface area contributed by atoms with E-state index in [1.54, 1.807) is 12.1 Å². The molecule has 0 spiro atoms. The van der Waals surface area contributed by atoms with Gasteiger partial charge >= 0.3 is 0 Å². The van der Waals surface area contributed by atoms with Gasteiger partial charge in [0.2, 0.25) is 0 Å². The molecule has 2 aromatic carbocycles. The first-order valence-corrected chi connectivity index (χ1v) is 17.6. The molecule has 0 unspecified atom stereocenters. The zero-order chi connectivity index (χ0) is 30.7. The summed E-state index contributed by atoms with van der Waals surface area (Å²) < 4.78 is 28.6. The average Bonchev–Trinajstić information content (AvgIpc) is 3.37. The number of anilines is 2. The van der Waals surface area contributed by atoms with Gasteiger partial charge in [-0.05, 0) is 87.4 Å². The van der Waals surface area contributed by atoms with E-state index in [0.29, 0.717) is 47.5 Å².